The summed E-state index contributed by atoms with van der Waals surface area (Å²) in [5.74, 6) is 0.475. The number of nitrogens with one attached hydrogen (secondary N) is 2. The van der Waals surface area contributed by atoms with E-state index in [1.54, 1.807) is 0 Å². The molecule has 0 atom stereocenters. The van der Waals surface area contributed by atoms with Crippen LogP contribution >= 0.6 is 24.0 Å². The highest BCUT2D eigenvalue weighted by atomic mass is 127. The first-order valence-electron chi connectivity index (χ1n) is 9.19. The number of benzene rings is 1. The second kappa shape index (κ2) is 11.7. The Bertz CT molecular complexity index is 573. The zero-order valence-corrected chi connectivity index (χ0v) is 18.2. The number of rotatable bonds is 6. The molecule has 1 aromatic carbocycles. The van der Waals surface area contributed by atoms with Crippen molar-refractivity contribution in [3.8, 4) is 0 Å². The van der Waals surface area contributed by atoms with E-state index in [0.29, 0.717) is 17.9 Å². The van der Waals surface area contributed by atoms with Gasteiger partial charge in [-0.1, -0.05) is 13.8 Å². The Morgan fingerprint density at radius 1 is 1.27 bits per heavy atom. The lowest BCUT2D eigenvalue weighted by atomic mass is 10.0. The second-order valence-corrected chi connectivity index (χ2v) is 7.04. The summed E-state index contributed by atoms with van der Waals surface area (Å²) in [6.07, 6.45) is 2.12. The molecule has 148 valence electrons. The summed E-state index contributed by atoms with van der Waals surface area (Å²) in [5.41, 5.74) is 0.268. The van der Waals surface area contributed by atoms with Gasteiger partial charge in [0.1, 0.15) is 11.6 Å². The fourth-order valence-corrected chi connectivity index (χ4v) is 3.12. The molecular weight excluding hydrogens is 449 g/mol. The number of nitrogens with zero attached hydrogens (tertiary/aromatic N) is 2. The number of hydrogen-bond donors (Lipinski definition) is 2. The van der Waals surface area contributed by atoms with Gasteiger partial charge in [-0.05, 0) is 43.9 Å². The van der Waals surface area contributed by atoms with Gasteiger partial charge >= 0.3 is 0 Å². The molecule has 0 aliphatic carbocycles. The van der Waals surface area contributed by atoms with Crippen LogP contribution in [-0.4, -0.2) is 43.1 Å². The van der Waals surface area contributed by atoms with Crippen molar-refractivity contribution < 1.29 is 8.78 Å². The minimum atomic E-state index is -0.443. The molecule has 26 heavy (non-hydrogen) atoms. The number of likely N-dealkylation sites (tertiary alicyclic amines) is 1. The van der Waals surface area contributed by atoms with E-state index in [1.807, 2.05) is 6.92 Å². The first-order chi connectivity index (χ1) is 12.0. The minimum Gasteiger partial charge on any atom is -0.357 e. The molecule has 0 amide bonds. The Morgan fingerprint density at radius 2 is 1.96 bits per heavy atom. The number of piperidine rings is 1. The SMILES string of the molecule is CCNC(=NCc1cc(F)ccc1F)NC1CCN(CC(C)C)CC1.I. The Hall–Kier alpha value is -0.960. The fraction of sp³-hybridized carbons (Fsp3) is 0.632. The van der Waals surface area contributed by atoms with Crippen molar-refractivity contribution in [2.75, 3.05) is 26.2 Å². The van der Waals surface area contributed by atoms with Crippen LogP contribution in [0.3, 0.4) is 0 Å². The summed E-state index contributed by atoms with van der Waals surface area (Å²) in [6, 6.07) is 3.83. The third-order valence-corrected chi connectivity index (χ3v) is 4.31. The van der Waals surface area contributed by atoms with Crippen molar-refractivity contribution in [2.24, 2.45) is 10.9 Å². The molecule has 1 aliphatic rings. The van der Waals surface area contributed by atoms with Gasteiger partial charge in [-0.15, -0.1) is 24.0 Å². The topological polar surface area (TPSA) is 39.7 Å². The Kier molecular flexibility index (Phi) is 10.4. The van der Waals surface area contributed by atoms with Crippen LogP contribution in [-0.2, 0) is 6.54 Å². The van der Waals surface area contributed by atoms with Crippen molar-refractivity contribution in [2.45, 2.75) is 46.2 Å². The van der Waals surface area contributed by atoms with Gasteiger partial charge in [0.25, 0.3) is 0 Å². The normalized spacial score (nSPS) is 16.5. The van der Waals surface area contributed by atoms with E-state index < -0.39 is 11.6 Å². The predicted molar refractivity (Wildman–Crippen MR) is 114 cm³/mol. The molecule has 2 rings (SSSR count). The van der Waals surface area contributed by atoms with E-state index in [2.05, 4.69) is 34.4 Å². The molecule has 1 aromatic rings. The van der Waals surface area contributed by atoms with Crippen molar-refractivity contribution in [1.29, 1.82) is 0 Å². The van der Waals surface area contributed by atoms with Gasteiger partial charge in [0.2, 0.25) is 0 Å². The lowest BCUT2D eigenvalue weighted by Gasteiger charge is -2.34. The average Bonchev–Trinajstić information content (AvgIpc) is 2.57. The van der Waals surface area contributed by atoms with Gasteiger partial charge in [0.15, 0.2) is 5.96 Å². The van der Waals surface area contributed by atoms with Crippen LogP contribution in [0.15, 0.2) is 23.2 Å². The lowest BCUT2D eigenvalue weighted by molar-refractivity contribution is 0.187. The van der Waals surface area contributed by atoms with Crippen LogP contribution in [0.4, 0.5) is 8.78 Å². The van der Waals surface area contributed by atoms with E-state index >= 15 is 0 Å². The van der Waals surface area contributed by atoms with Crippen molar-refractivity contribution >= 4 is 29.9 Å². The van der Waals surface area contributed by atoms with Gasteiger partial charge in [0, 0.05) is 37.8 Å². The number of guanidine groups is 1. The second-order valence-electron chi connectivity index (χ2n) is 7.04. The maximum Gasteiger partial charge on any atom is 0.191 e. The van der Waals surface area contributed by atoms with Crippen LogP contribution in [0.2, 0.25) is 0 Å². The fourth-order valence-electron chi connectivity index (χ4n) is 3.12. The van der Waals surface area contributed by atoms with Crippen LogP contribution in [0.1, 0.15) is 39.2 Å². The highest BCUT2D eigenvalue weighted by molar-refractivity contribution is 14.0. The Labute approximate surface area is 172 Å². The van der Waals surface area contributed by atoms with E-state index in [1.165, 1.54) is 6.07 Å². The third kappa shape index (κ3) is 7.73. The Morgan fingerprint density at radius 3 is 2.58 bits per heavy atom. The van der Waals surface area contributed by atoms with Gasteiger partial charge in [0.05, 0.1) is 6.54 Å². The maximum absolute atomic E-state index is 13.7. The zero-order chi connectivity index (χ0) is 18.2. The van der Waals surface area contributed by atoms with Gasteiger partial charge < -0.3 is 15.5 Å². The van der Waals surface area contributed by atoms with Crippen molar-refractivity contribution in [3.63, 3.8) is 0 Å². The lowest BCUT2D eigenvalue weighted by Crippen LogP contribution is -2.49. The van der Waals surface area contributed by atoms with Crippen LogP contribution in [0.25, 0.3) is 0 Å². The summed E-state index contributed by atoms with van der Waals surface area (Å²) in [6.45, 7) is 10.6. The van der Waals surface area contributed by atoms with Crippen molar-refractivity contribution in [3.05, 3.63) is 35.4 Å². The number of halogens is 3. The van der Waals surface area contributed by atoms with E-state index in [4.69, 9.17) is 0 Å². The van der Waals surface area contributed by atoms with Crippen LogP contribution in [0, 0.1) is 17.6 Å². The molecule has 2 N–H and O–H groups in total. The summed E-state index contributed by atoms with van der Waals surface area (Å²) < 4.78 is 27.0. The smallest absolute Gasteiger partial charge is 0.191 e. The highest BCUT2D eigenvalue weighted by Gasteiger charge is 2.20. The summed E-state index contributed by atoms with van der Waals surface area (Å²) in [4.78, 5) is 6.92. The quantitative estimate of drug-likeness (QED) is 0.370. The molecule has 0 radical (unpaired) electrons. The number of hydrogen-bond acceptors (Lipinski definition) is 2. The summed E-state index contributed by atoms with van der Waals surface area (Å²) in [5, 5.41) is 6.62. The van der Waals surface area contributed by atoms with Crippen molar-refractivity contribution in [1.82, 2.24) is 15.5 Å². The molecule has 1 saturated heterocycles. The molecule has 0 unspecified atom stereocenters. The molecule has 0 saturated carbocycles. The third-order valence-electron chi connectivity index (χ3n) is 4.31. The molecule has 4 nitrogen and oxygen atoms in total. The minimum absolute atomic E-state index is 0. The maximum atomic E-state index is 13.7. The van der Waals surface area contributed by atoms with E-state index in [9.17, 15) is 8.78 Å². The zero-order valence-electron chi connectivity index (χ0n) is 15.9. The monoisotopic (exact) mass is 480 g/mol. The molecule has 1 aliphatic heterocycles. The molecule has 1 heterocycles. The standard InChI is InChI=1S/C19H30F2N4.HI/c1-4-22-19(23-12-15-11-16(20)5-6-18(15)21)24-17-7-9-25(10-8-17)13-14(2)3;/h5-6,11,14,17H,4,7-10,12-13H2,1-3H3,(H2,22,23,24);1H. The summed E-state index contributed by atoms with van der Waals surface area (Å²) >= 11 is 0. The van der Waals surface area contributed by atoms with Crippen LogP contribution in [0.5, 0.6) is 0 Å². The molecule has 1 fully saturated rings. The molecule has 7 heteroatoms. The average molecular weight is 480 g/mol. The highest BCUT2D eigenvalue weighted by Crippen LogP contribution is 2.13. The molecule has 0 aromatic heterocycles. The molecule has 0 spiro atoms. The Balaban J connectivity index is 0.00000338. The van der Waals surface area contributed by atoms with Gasteiger partial charge in [-0.3, -0.25) is 0 Å². The predicted octanol–water partition coefficient (Wildman–Crippen LogP) is 3.76. The van der Waals surface area contributed by atoms with E-state index in [0.717, 1.165) is 51.2 Å². The first-order valence-corrected chi connectivity index (χ1v) is 9.19. The summed E-state index contributed by atoms with van der Waals surface area (Å²) in [7, 11) is 0. The first kappa shape index (κ1) is 23.1. The molecule has 0 bridgehead atoms. The van der Waals surface area contributed by atoms with E-state index in [-0.39, 0.29) is 36.1 Å². The largest absolute Gasteiger partial charge is 0.357 e. The molecular formula is C19H31F2IN4. The van der Waals surface area contributed by atoms with Crippen LogP contribution < -0.4 is 10.6 Å². The number of aliphatic imine (C=N–C) groups is 1. The van der Waals surface area contributed by atoms with Gasteiger partial charge in [-0.25, -0.2) is 13.8 Å². The van der Waals surface area contributed by atoms with Gasteiger partial charge in [-0.2, -0.15) is 0 Å².